The Labute approximate surface area is 153 Å². The average molecular weight is 381 g/mol. The molecule has 2 heterocycles. The standard InChI is InChI=1S/C17H23N3O5S/c1-11(9-24-4)25-17(21)14(8-18)7-16-12(2)19-20(13(16)3)15-5-6-26(22,23)10-15/h7,11,15H,5-6,9-10H2,1-4H3/b14-7+/t11-,15+/m1/s1. The second-order valence-electron chi connectivity index (χ2n) is 6.43. The van der Waals surface area contributed by atoms with Crippen LogP contribution in [0.2, 0.25) is 0 Å². The second-order valence-corrected chi connectivity index (χ2v) is 8.66. The van der Waals surface area contributed by atoms with Gasteiger partial charge < -0.3 is 9.47 Å². The van der Waals surface area contributed by atoms with E-state index in [-0.39, 0.29) is 29.7 Å². The highest BCUT2D eigenvalue weighted by Crippen LogP contribution is 2.27. The number of methoxy groups -OCH3 is 1. The van der Waals surface area contributed by atoms with E-state index in [1.165, 1.54) is 13.2 Å². The zero-order valence-electron chi connectivity index (χ0n) is 15.4. The smallest absolute Gasteiger partial charge is 0.349 e. The van der Waals surface area contributed by atoms with Crippen LogP contribution in [0.3, 0.4) is 0 Å². The van der Waals surface area contributed by atoms with E-state index in [0.717, 1.165) is 5.69 Å². The number of carbonyl (C=O) groups excluding carboxylic acids is 1. The van der Waals surface area contributed by atoms with Crippen LogP contribution in [-0.4, -0.2) is 55.5 Å². The van der Waals surface area contributed by atoms with Crippen molar-refractivity contribution in [3.8, 4) is 6.07 Å². The first-order chi connectivity index (χ1) is 12.2. The van der Waals surface area contributed by atoms with Gasteiger partial charge >= 0.3 is 5.97 Å². The number of aromatic nitrogens is 2. The van der Waals surface area contributed by atoms with E-state index >= 15 is 0 Å². The van der Waals surface area contributed by atoms with E-state index < -0.39 is 21.9 Å². The molecule has 142 valence electrons. The quantitative estimate of drug-likeness (QED) is 0.415. The Morgan fingerprint density at radius 1 is 1.50 bits per heavy atom. The number of aryl methyl sites for hydroxylation is 1. The van der Waals surface area contributed by atoms with Crippen LogP contribution < -0.4 is 0 Å². The van der Waals surface area contributed by atoms with E-state index in [0.29, 0.717) is 17.7 Å². The third-order valence-corrected chi connectivity index (χ3v) is 6.02. The van der Waals surface area contributed by atoms with Crippen molar-refractivity contribution in [2.75, 3.05) is 25.2 Å². The molecule has 1 aromatic heterocycles. The minimum absolute atomic E-state index is 0.0554. The van der Waals surface area contributed by atoms with Gasteiger partial charge in [-0.15, -0.1) is 0 Å². The van der Waals surface area contributed by atoms with E-state index in [2.05, 4.69) is 5.10 Å². The number of nitriles is 1. The molecule has 1 aromatic rings. The fourth-order valence-corrected chi connectivity index (χ4v) is 4.70. The van der Waals surface area contributed by atoms with Gasteiger partial charge in [0.25, 0.3) is 0 Å². The molecule has 26 heavy (non-hydrogen) atoms. The van der Waals surface area contributed by atoms with E-state index in [4.69, 9.17) is 9.47 Å². The molecule has 8 nitrogen and oxygen atoms in total. The number of nitrogens with zero attached hydrogens (tertiary/aromatic N) is 3. The van der Waals surface area contributed by atoms with E-state index in [9.17, 15) is 18.5 Å². The maximum absolute atomic E-state index is 12.2. The highest BCUT2D eigenvalue weighted by Gasteiger charge is 2.31. The summed E-state index contributed by atoms with van der Waals surface area (Å²) in [6.07, 6.45) is 1.48. The largest absolute Gasteiger partial charge is 0.456 e. The van der Waals surface area contributed by atoms with Crippen molar-refractivity contribution < 1.29 is 22.7 Å². The molecule has 1 fully saturated rings. The monoisotopic (exact) mass is 381 g/mol. The average Bonchev–Trinajstić information content (AvgIpc) is 3.05. The van der Waals surface area contributed by atoms with Crippen molar-refractivity contribution in [1.82, 2.24) is 9.78 Å². The van der Waals surface area contributed by atoms with Gasteiger partial charge in [0.1, 0.15) is 17.7 Å². The lowest BCUT2D eigenvalue weighted by Crippen LogP contribution is -2.20. The normalized spacial score (nSPS) is 20.6. The first kappa shape index (κ1) is 20.1. The topological polar surface area (TPSA) is 111 Å². The molecule has 0 aromatic carbocycles. The number of ether oxygens (including phenoxy) is 2. The fourth-order valence-electron chi connectivity index (χ4n) is 3.00. The summed E-state index contributed by atoms with van der Waals surface area (Å²) < 4.78 is 35.2. The predicted molar refractivity (Wildman–Crippen MR) is 95.0 cm³/mol. The molecule has 0 N–H and O–H groups in total. The van der Waals surface area contributed by atoms with Crippen molar-refractivity contribution in [1.29, 1.82) is 5.26 Å². The summed E-state index contributed by atoms with van der Waals surface area (Å²) in [5.41, 5.74) is 1.83. The fraction of sp³-hybridized carbons (Fsp3) is 0.588. The first-order valence-electron chi connectivity index (χ1n) is 8.26. The summed E-state index contributed by atoms with van der Waals surface area (Å²) in [6, 6.07) is 1.63. The molecule has 1 aliphatic rings. The van der Waals surface area contributed by atoms with Crippen molar-refractivity contribution in [3.05, 3.63) is 22.5 Å². The highest BCUT2D eigenvalue weighted by molar-refractivity contribution is 7.91. The van der Waals surface area contributed by atoms with Gasteiger partial charge in [-0.1, -0.05) is 0 Å². The summed E-state index contributed by atoms with van der Waals surface area (Å²) in [5, 5.41) is 13.7. The van der Waals surface area contributed by atoms with Crippen molar-refractivity contribution in [3.63, 3.8) is 0 Å². The van der Waals surface area contributed by atoms with E-state index in [1.807, 2.05) is 6.07 Å². The van der Waals surface area contributed by atoms with Gasteiger partial charge in [0, 0.05) is 18.4 Å². The number of carbonyl (C=O) groups is 1. The Hall–Kier alpha value is -2.18. The first-order valence-corrected chi connectivity index (χ1v) is 10.1. The van der Waals surface area contributed by atoms with Crippen molar-refractivity contribution in [2.24, 2.45) is 0 Å². The molecular formula is C17H23N3O5S. The number of sulfone groups is 1. The summed E-state index contributed by atoms with van der Waals surface area (Å²) >= 11 is 0. The van der Waals surface area contributed by atoms with Gasteiger partial charge in [-0.3, -0.25) is 4.68 Å². The Kier molecular flexibility index (Phi) is 6.21. The van der Waals surface area contributed by atoms with Gasteiger partial charge in [0.2, 0.25) is 0 Å². The van der Waals surface area contributed by atoms with Crippen LogP contribution in [0.15, 0.2) is 5.57 Å². The Bertz CT molecular complexity index is 864. The summed E-state index contributed by atoms with van der Waals surface area (Å²) in [5.74, 6) is -0.527. The zero-order chi connectivity index (χ0) is 19.5. The number of rotatable bonds is 6. The molecule has 0 unspecified atom stereocenters. The lowest BCUT2D eigenvalue weighted by molar-refractivity contribution is -0.145. The summed E-state index contributed by atoms with van der Waals surface area (Å²) in [7, 11) is -1.54. The SMILES string of the molecule is COC[C@@H](C)OC(=O)/C(C#N)=C/c1c(C)nn([C@H]2CCS(=O)(=O)C2)c1C. The summed E-state index contributed by atoms with van der Waals surface area (Å²) in [6.45, 7) is 5.46. The molecule has 0 aliphatic carbocycles. The molecule has 9 heteroatoms. The molecule has 2 rings (SSSR count). The minimum atomic E-state index is -3.04. The highest BCUT2D eigenvalue weighted by atomic mass is 32.2. The van der Waals surface area contributed by atoms with Gasteiger partial charge in [0.05, 0.1) is 29.8 Å². The van der Waals surface area contributed by atoms with Crippen LogP contribution in [0.4, 0.5) is 0 Å². The molecule has 0 radical (unpaired) electrons. The van der Waals surface area contributed by atoms with Gasteiger partial charge in [-0.25, -0.2) is 13.2 Å². The molecule has 1 aliphatic heterocycles. The number of hydrogen-bond acceptors (Lipinski definition) is 7. The van der Waals surface area contributed by atoms with Crippen LogP contribution in [0, 0.1) is 25.2 Å². The Morgan fingerprint density at radius 2 is 2.19 bits per heavy atom. The van der Waals surface area contributed by atoms with Gasteiger partial charge in [-0.2, -0.15) is 10.4 Å². The maximum atomic E-state index is 12.2. The van der Waals surface area contributed by atoms with Crippen LogP contribution >= 0.6 is 0 Å². The molecule has 0 amide bonds. The van der Waals surface area contributed by atoms with E-state index in [1.54, 1.807) is 25.5 Å². The van der Waals surface area contributed by atoms with Crippen LogP contribution in [0.25, 0.3) is 6.08 Å². The van der Waals surface area contributed by atoms with Crippen LogP contribution in [0.1, 0.15) is 36.3 Å². The lowest BCUT2D eigenvalue weighted by atomic mass is 10.1. The maximum Gasteiger partial charge on any atom is 0.349 e. The zero-order valence-corrected chi connectivity index (χ0v) is 16.2. The lowest BCUT2D eigenvalue weighted by Gasteiger charge is -2.12. The minimum Gasteiger partial charge on any atom is -0.456 e. The Balaban J connectivity index is 2.29. The van der Waals surface area contributed by atoms with Crippen LogP contribution in [-0.2, 0) is 24.1 Å². The third-order valence-electron chi connectivity index (χ3n) is 4.27. The third kappa shape index (κ3) is 4.51. The summed E-state index contributed by atoms with van der Waals surface area (Å²) in [4.78, 5) is 12.2. The number of esters is 1. The van der Waals surface area contributed by atoms with Gasteiger partial charge in [-0.05, 0) is 33.3 Å². The number of hydrogen-bond donors (Lipinski definition) is 0. The molecule has 1 saturated heterocycles. The van der Waals surface area contributed by atoms with Gasteiger partial charge in [0.15, 0.2) is 9.84 Å². The van der Waals surface area contributed by atoms with Crippen molar-refractivity contribution >= 4 is 21.9 Å². The molecule has 0 saturated carbocycles. The molecule has 0 spiro atoms. The second kappa shape index (κ2) is 8.01. The molecule has 0 bridgehead atoms. The molecular weight excluding hydrogens is 358 g/mol. The van der Waals surface area contributed by atoms with Crippen molar-refractivity contribution in [2.45, 2.75) is 39.3 Å². The predicted octanol–water partition coefficient (Wildman–Crippen LogP) is 1.34. The van der Waals surface area contributed by atoms with Crippen LogP contribution in [0.5, 0.6) is 0 Å². The Morgan fingerprint density at radius 3 is 2.73 bits per heavy atom. The molecule has 2 atom stereocenters.